The lowest BCUT2D eigenvalue weighted by Crippen LogP contribution is -2.37. The van der Waals surface area contributed by atoms with Crippen LogP contribution in [0.25, 0.3) is 0 Å². The predicted molar refractivity (Wildman–Crippen MR) is 135 cm³/mol. The van der Waals surface area contributed by atoms with Gasteiger partial charge in [-0.05, 0) is 29.7 Å². The fourth-order valence-electron chi connectivity index (χ4n) is 3.55. The number of benzene rings is 4. The maximum absolute atomic E-state index is 13.5. The Labute approximate surface area is 200 Å². The smallest absolute Gasteiger partial charge is 0.325 e. The molecular formula is C29H25O4P. The van der Waals surface area contributed by atoms with Gasteiger partial charge in [0.2, 0.25) is 0 Å². The molecule has 0 saturated heterocycles. The molecule has 0 atom stereocenters. The summed E-state index contributed by atoms with van der Waals surface area (Å²) in [5.74, 6) is -1.17. The van der Waals surface area contributed by atoms with Crippen molar-refractivity contribution in [1.82, 2.24) is 0 Å². The van der Waals surface area contributed by atoms with Crippen molar-refractivity contribution < 1.29 is 19.1 Å². The summed E-state index contributed by atoms with van der Waals surface area (Å²) in [6.07, 6.45) is 0. The van der Waals surface area contributed by atoms with Crippen molar-refractivity contribution in [3.8, 4) is 0 Å². The molecule has 5 heteroatoms. The molecule has 0 aliphatic carbocycles. The SMILES string of the molecule is O=C(OCc1ccccc1)C(C(=O)OCc1ccccc1)P(c1ccccc1)c1ccccc1. The molecule has 4 aromatic carbocycles. The monoisotopic (exact) mass is 468 g/mol. The Hall–Kier alpha value is -3.75. The van der Waals surface area contributed by atoms with Crippen molar-refractivity contribution in [1.29, 1.82) is 0 Å². The van der Waals surface area contributed by atoms with E-state index in [9.17, 15) is 9.59 Å². The Morgan fingerprint density at radius 3 is 1.21 bits per heavy atom. The summed E-state index contributed by atoms with van der Waals surface area (Å²) in [6, 6.07) is 38.1. The minimum Gasteiger partial charge on any atom is -0.460 e. The van der Waals surface area contributed by atoms with E-state index in [1.165, 1.54) is 0 Å². The van der Waals surface area contributed by atoms with Crippen LogP contribution in [0, 0.1) is 0 Å². The molecule has 0 heterocycles. The van der Waals surface area contributed by atoms with Crippen molar-refractivity contribution in [2.45, 2.75) is 18.9 Å². The normalized spacial score (nSPS) is 10.8. The Bertz CT molecular complexity index is 1090. The van der Waals surface area contributed by atoms with Crippen LogP contribution in [-0.4, -0.2) is 17.6 Å². The van der Waals surface area contributed by atoms with Crippen molar-refractivity contribution in [3.63, 3.8) is 0 Å². The highest BCUT2D eigenvalue weighted by Gasteiger charge is 2.39. The molecule has 4 aromatic rings. The molecular weight excluding hydrogens is 443 g/mol. The molecule has 4 nitrogen and oxygen atoms in total. The molecule has 0 aliphatic rings. The topological polar surface area (TPSA) is 52.6 Å². The largest absolute Gasteiger partial charge is 0.460 e. The number of ether oxygens (including phenoxy) is 2. The second-order valence-electron chi connectivity index (χ2n) is 7.63. The standard InChI is InChI=1S/C29H25O4P/c30-28(32-21-23-13-5-1-6-14-23)27(29(31)33-22-24-15-7-2-8-16-24)34(25-17-9-3-10-18-25)26-19-11-4-12-20-26/h1-20,27H,21-22H2. The van der Waals surface area contributed by atoms with Gasteiger partial charge in [0.15, 0.2) is 5.66 Å². The number of esters is 2. The van der Waals surface area contributed by atoms with Crippen LogP contribution in [0.4, 0.5) is 0 Å². The molecule has 0 unspecified atom stereocenters. The lowest BCUT2D eigenvalue weighted by atomic mass is 10.2. The average Bonchev–Trinajstić information content (AvgIpc) is 2.91. The first-order valence-electron chi connectivity index (χ1n) is 11.0. The van der Waals surface area contributed by atoms with Gasteiger partial charge in [-0.3, -0.25) is 9.59 Å². The highest BCUT2D eigenvalue weighted by molar-refractivity contribution is 7.75. The van der Waals surface area contributed by atoms with Crippen LogP contribution in [0.3, 0.4) is 0 Å². The molecule has 170 valence electrons. The van der Waals surface area contributed by atoms with E-state index in [1.807, 2.05) is 121 Å². The van der Waals surface area contributed by atoms with Crippen LogP contribution in [0.2, 0.25) is 0 Å². The molecule has 0 saturated carbocycles. The Balaban J connectivity index is 1.65. The summed E-state index contributed by atoms with van der Waals surface area (Å²) in [7, 11) is -1.40. The third kappa shape index (κ3) is 6.18. The Morgan fingerprint density at radius 1 is 0.529 bits per heavy atom. The molecule has 34 heavy (non-hydrogen) atoms. The zero-order chi connectivity index (χ0) is 23.6. The third-order valence-electron chi connectivity index (χ3n) is 5.22. The molecule has 0 aliphatic heterocycles. The Kier molecular flexibility index (Phi) is 8.21. The molecule has 0 spiro atoms. The summed E-state index contributed by atoms with van der Waals surface area (Å²) < 4.78 is 11.3. The van der Waals surface area contributed by atoms with Crippen molar-refractivity contribution in [3.05, 3.63) is 132 Å². The van der Waals surface area contributed by atoms with E-state index >= 15 is 0 Å². The maximum atomic E-state index is 13.5. The molecule has 0 bridgehead atoms. The van der Waals surface area contributed by atoms with Gasteiger partial charge in [0.25, 0.3) is 0 Å². The van der Waals surface area contributed by atoms with Gasteiger partial charge < -0.3 is 9.47 Å². The van der Waals surface area contributed by atoms with Gasteiger partial charge in [-0.25, -0.2) is 0 Å². The molecule has 0 N–H and O–H groups in total. The predicted octanol–water partition coefficient (Wildman–Crippen LogP) is 4.97. The fraction of sp³-hybridized carbons (Fsp3) is 0.103. The van der Waals surface area contributed by atoms with Gasteiger partial charge in [0.05, 0.1) is 0 Å². The second kappa shape index (κ2) is 11.9. The van der Waals surface area contributed by atoms with Crippen LogP contribution < -0.4 is 10.6 Å². The minimum absolute atomic E-state index is 0.0922. The lowest BCUT2D eigenvalue weighted by molar-refractivity contribution is -0.155. The van der Waals surface area contributed by atoms with E-state index in [1.54, 1.807) is 0 Å². The maximum Gasteiger partial charge on any atom is 0.325 e. The lowest BCUT2D eigenvalue weighted by Gasteiger charge is -2.26. The van der Waals surface area contributed by atoms with Crippen LogP contribution in [-0.2, 0) is 32.3 Å². The van der Waals surface area contributed by atoms with Crippen LogP contribution in [0.15, 0.2) is 121 Å². The van der Waals surface area contributed by atoms with Gasteiger partial charge >= 0.3 is 11.9 Å². The second-order valence-corrected chi connectivity index (χ2v) is 9.92. The quantitative estimate of drug-likeness (QED) is 0.198. The Morgan fingerprint density at radius 2 is 0.853 bits per heavy atom. The van der Waals surface area contributed by atoms with Crippen LogP contribution >= 0.6 is 7.92 Å². The first kappa shape index (κ1) is 23.4. The zero-order valence-electron chi connectivity index (χ0n) is 18.6. The number of rotatable bonds is 9. The zero-order valence-corrected chi connectivity index (χ0v) is 19.5. The first-order valence-corrected chi connectivity index (χ1v) is 12.4. The number of carbonyl (C=O) groups is 2. The van der Waals surface area contributed by atoms with Crippen LogP contribution in [0.5, 0.6) is 0 Å². The first-order chi connectivity index (χ1) is 16.7. The molecule has 0 radical (unpaired) electrons. The van der Waals surface area contributed by atoms with Gasteiger partial charge in [0, 0.05) is 0 Å². The van der Waals surface area contributed by atoms with E-state index in [4.69, 9.17) is 9.47 Å². The highest BCUT2D eigenvalue weighted by Crippen LogP contribution is 2.41. The molecule has 0 fully saturated rings. The summed E-state index contributed by atoms with van der Waals surface area (Å²) in [5.41, 5.74) is 0.624. The van der Waals surface area contributed by atoms with E-state index < -0.39 is 25.5 Å². The summed E-state index contributed by atoms with van der Waals surface area (Å²) in [5, 5.41) is 1.81. The van der Waals surface area contributed by atoms with Gasteiger partial charge in [-0.2, -0.15) is 0 Å². The van der Waals surface area contributed by atoms with Crippen molar-refractivity contribution >= 4 is 30.5 Å². The van der Waals surface area contributed by atoms with Crippen molar-refractivity contribution in [2.75, 3.05) is 0 Å². The number of carbonyl (C=O) groups excluding carboxylic acids is 2. The summed E-state index contributed by atoms with van der Waals surface area (Å²) in [6.45, 7) is 0.184. The van der Waals surface area contributed by atoms with E-state index in [2.05, 4.69) is 0 Å². The molecule has 4 rings (SSSR count). The summed E-state index contributed by atoms with van der Waals surface area (Å²) in [4.78, 5) is 26.9. The highest BCUT2D eigenvalue weighted by atomic mass is 31.1. The fourth-order valence-corrected chi connectivity index (χ4v) is 6.00. The number of hydrogen-bond donors (Lipinski definition) is 0. The average molecular weight is 468 g/mol. The summed E-state index contributed by atoms with van der Waals surface area (Å²) >= 11 is 0. The van der Waals surface area contributed by atoms with Gasteiger partial charge in [0.1, 0.15) is 13.2 Å². The van der Waals surface area contributed by atoms with Gasteiger partial charge in [-0.1, -0.05) is 121 Å². The third-order valence-corrected chi connectivity index (χ3v) is 7.87. The van der Waals surface area contributed by atoms with Crippen LogP contribution in [0.1, 0.15) is 11.1 Å². The van der Waals surface area contributed by atoms with E-state index in [0.717, 1.165) is 21.7 Å². The van der Waals surface area contributed by atoms with E-state index in [-0.39, 0.29) is 13.2 Å². The molecule has 0 amide bonds. The van der Waals surface area contributed by atoms with E-state index in [0.29, 0.717) is 0 Å². The molecule has 0 aromatic heterocycles. The number of hydrogen-bond acceptors (Lipinski definition) is 4. The van der Waals surface area contributed by atoms with Gasteiger partial charge in [-0.15, -0.1) is 0 Å². The minimum atomic E-state index is -1.40. The van der Waals surface area contributed by atoms with Crippen molar-refractivity contribution in [2.24, 2.45) is 0 Å².